The number of aromatic nitrogens is 9. The summed E-state index contributed by atoms with van der Waals surface area (Å²) in [6.45, 7) is 4.83. The van der Waals surface area contributed by atoms with Crippen LogP contribution in [0.4, 0.5) is 0 Å². The van der Waals surface area contributed by atoms with E-state index in [0.717, 1.165) is 76.0 Å². The van der Waals surface area contributed by atoms with E-state index in [-0.39, 0.29) is 0 Å². The van der Waals surface area contributed by atoms with Crippen LogP contribution >= 0.6 is 0 Å². The van der Waals surface area contributed by atoms with Crippen LogP contribution in [0.3, 0.4) is 0 Å². The fraction of sp³-hybridized carbons (Fsp3) is 0.714. The molecule has 0 saturated carbocycles. The summed E-state index contributed by atoms with van der Waals surface area (Å²) < 4.78 is 5.60. The normalized spacial score (nSPS) is 12.2. The van der Waals surface area contributed by atoms with Gasteiger partial charge in [-0.1, -0.05) is 15.6 Å². The van der Waals surface area contributed by atoms with Crippen LogP contribution in [-0.2, 0) is 39.3 Å². The third kappa shape index (κ3) is 8.89. The minimum atomic E-state index is 0.724. The third-order valence-corrected chi connectivity index (χ3v) is 5.09. The van der Waals surface area contributed by atoms with Crippen molar-refractivity contribution in [2.24, 2.45) is 0 Å². The molecule has 3 heterocycles. The zero-order chi connectivity index (χ0) is 24.5. The second-order valence-electron chi connectivity index (χ2n) is 9.50. The van der Waals surface area contributed by atoms with E-state index >= 15 is 0 Å². The van der Waals surface area contributed by atoms with Crippen molar-refractivity contribution < 1.29 is 0 Å². The first-order valence-electron chi connectivity index (χ1n) is 11.6. The van der Waals surface area contributed by atoms with Crippen LogP contribution in [0.2, 0.25) is 0 Å². The molecule has 0 aromatic carbocycles. The van der Waals surface area contributed by atoms with Crippen molar-refractivity contribution in [3.05, 3.63) is 35.7 Å². The van der Waals surface area contributed by atoms with Crippen molar-refractivity contribution in [1.29, 1.82) is 0 Å². The Bertz CT molecular complexity index is 847. The van der Waals surface area contributed by atoms with Crippen molar-refractivity contribution in [2.75, 3.05) is 61.9 Å². The lowest BCUT2D eigenvalue weighted by atomic mass is 10.2. The van der Waals surface area contributed by atoms with Gasteiger partial charge in [0.2, 0.25) is 0 Å². The van der Waals surface area contributed by atoms with Crippen LogP contribution in [0.15, 0.2) is 18.6 Å². The Morgan fingerprint density at radius 2 is 0.824 bits per heavy atom. The molecule has 0 aliphatic rings. The Morgan fingerprint density at radius 3 is 1.09 bits per heavy atom. The lowest BCUT2D eigenvalue weighted by Crippen LogP contribution is -2.31. The minimum absolute atomic E-state index is 0.724. The average Bonchev–Trinajstić information content (AvgIpc) is 3.48. The standard InChI is InChI=1S/C21H39N13/c1-28(2)16-32-13-19(22-25-32)7-10-31(11-8-20-14-33(26-23-20)17-29(3)4)12-9-21-15-34(27-24-21)18-30(5)6/h13-15H,7-12,16-18H2,1-6H3. The van der Waals surface area contributed by atoms with Gasteiger partial charge in [0.1, 0.15) is 0 Å². The molecule has 3 aromatic rings. The zero-order valence-corrected chi connectivity index (χ0v) is 21.4. The monoisotopic (exact) mass is 473 g/mol. The molecule has 0 aliphatic carbocycles. The molecule has 0 fully saturated rings. The summed E-state index contributed by atoms with van der Waals surface area (Å²) in [6.07, 6.45) is 8.60. The molecule has 3 aromatic heterocycles. The Hall–Kier alpha value is -2.74. The first-order valence-corrected chi connectivity index (χ1v) is 11.6. The van der Waals surface area contributed by atoms with Crippen molar-refractivity contribution >= 4 is 0 Å². The first kappa shape index (κ1) is 25.9. The van der Waals surface area contributed by atoms with E-state index in [1.807, 2.05) is 74.9 Å². The quantitative estimate of drug-likeness (QED) is 0.283. The Kier molecular flexibility index (Phi) is 9.62. The highest BCUT2D eigenvalue weighted by Crippen LogP contribution is 2.05. The molecule has 0 amide bonds. The van der Waals surface area contributed by atoms with Gasteiger partial charge < -0.3 is 4.90 Å². The maximum absolute atomic E-state index is 4.34. The highest BCUT2D eigenvalue weighted by atomic mass is 15.5. The Morgan fingerprint density at radius 1 is 0.529 bits per heavy atom. The average molecular weight is 474 g/mol. The zero-order valence-electron chi connectivity index (χ0n) is 21.4. The summed E-state index contributed by atoms with van der Waals surface area (Å²) in [5.74, 6) is 0. The molecule has 0 atom stereocenters. The fourth-order valence-corrected chi connectivity index (χ4v) is 3.59. The highest BCUT2D eigenvalue weighted by Gasteiger charge is 2.12. The maximum Gasteiger partial charge on any atom is 0.0941 e. The molecule has 13 nitrogen and oxygen atoms in total. The summed E-state index contributed by atoms with van der Waals surface area (Å²) >= 11 is 0. The van der Waals surface area contributed by atoms with Gasteiger partial charge in [0.15, 0.2) is 0 Å². The molecule has 0 saturated heterocycles. The molecule has 13 heteroatoms. The first-order chi connectivity index (χ1) is 16.3. The van der Waals surface area contributed by atoms with E-state index in [1.54, 1.807) is 0 Å². The summed E-state index contributed by atoms with van der Waals surface area (Å²) in [4.78, 5) is 8.63. The van der Waals surface area contributed by atoms with Crippen LogP contribution in [0.5, 0.6) is 0 Å². The van der Waals surface area contributed by atoms with E-state index in [2.05, 4.69) is 50.5 Å². The minimum Gasteiger partial charge on any atom is -0.302 e. The topological polar surface area (TPSA) is 105 Å². The molecule has 3 rings (SSSR count). The summed E-state index contributed by atoms with van der Waals surface area (Å²) in [7, 11) is 12.1. The van der Waals surface area contributed by atoms with E-state index in [1.165, 1.54) is 0 Å². The molecular weight excluding hydrogens is 434 g/mol. The van der Waals surface area contributed by atoms with Crippen molar-refractivity contribution in [2.45, 2.75) is 39.3 Å². The van der Waals surface area contributed by atoms with Gasteiger partial charge in [-0.2, -0.15) is 0 Å². The maximum atomic E-state index is 4.34. The van der Waals surface area contributed by atoms with Gasteiger partial charge in [-0.3, -0.25) is 14.7 Å². The predicted octanol–water partition coefficient (Wildman–Crippen LogP) is -0.652. The van der Waals surface area contributed by atoms with E-state index in [0.29, 0.717) is 0 Å². The second kappa shape index (κ2) is 12.6. The molecule has 0 aliphatic heterocycles. The van der Waals surface area contributed by atoms with Crippen molar-refractivity contribution in [3.8, 4) is 0 Å². The van der Waals surface area contributed by atoms with Crippen LogP contribution in [0, 0.1) is 0 Å². The van der Waals surface area contributed by atoms with Gasteiger partial charge in [-0.15, -0.1) is 15.3 Å². The Labute approximate surface area is 201 Å². The van der Waals surface area contributed by atoms with Crippen molar-refractivity contribution in [1.82, 2.24) is 64.6 Å². The molecule has 0 spiro atoms. The molecular formula is C21H39N13. The second-order valence-corrected chi connectivity index (χ2v) is 9.50. The largest absolute Gasteiger partial charge is 0.302 e. The van der Waals surface area contributed by atoms with Gasteiger partial charge in [0.25, 0.3) is 0 Å². The lowest BCUT2D eigenvalue weighted by Gasteiger charge is -2.20. The third-order valence-electron chi connectivity index (χ3n) is 5.09. The number of hydrogen-bond acceptors (Lipinski definition) is 10. The highest BCUT2D eigenvalue weighted by molar-refractivity contribution is 4.97. The molecule has 0 N–H and O–H groups in total. The summed E-state index contributed by atoms with van der Waals surface area (Å²) in [5, 5.41) is 25.7. The number of rotatable bonds is 15. The van der Waals surface area contributed by atoms with Crippen LogP contribution in [0.1, 0.15) is 17.1 Å². The SMILES string of the molecule is CN(C)Cn1cc(CCN(CCc2cn(CN(C)C)nn2)CCc2cn(CN(C)C)nn2)nn1. The van der Waals surface area contributed by atoms with Gasteiger partial charge in [0, 0.05) is 57.5 Å². The molecule has 34 heavy (non-hydrogen) atoms. The molecule has 0 bridgehead atoms. The summed E-state index contributed by atoms with van der Waals surface area (Å²) in [6, 6.07) is 0. The molecule has 188 valence electrons. The summed E-state index contributed by atoms with van der Waals surface area (Å²) in [5.41, 5.74) is 3.00. The smallest absolute Gasteiger partial charge is 0.0941 e. The van der Waals surface area contributed by atoms with E-state index in [4.69, 9.17) is 0 Å². The number of nitrogens with zero attached hydrogens (tertiary/aromatic N) is 13. The van der Waals surface area contributed by atoms with Crippen molar-refractivity contribution in [3.63, 3.8) is 0 Å². The van der Waals surface area contributed by atoms with Gasteiger partial charge in [0.05, 0.1) is 37.1 Å². The van der Waals surface area contributed by atoms with Crippen LogP contribution in [0.25, 0.3) is 0 Å². The van der Waals surface area contributed by atoms with Gasteiger partial charge >= 0.3 is 0 Å². The number of hydrogen-bond donors (Lipinski definition) is 0. The molecule has 0 radical (unpaired) electrons. The van der Waals surface area contributed by atoms with Crippen LogP contribution in [-0.4, -0.2) is 127 Å². The van der Waals surface area contributed by atoms with Gasteiger partial charge in [-0.05, 0) is 42.3 Å². The van der Waals surface area contributed by atoms with Crippen LogP contribution < -0.4 is 0 Å². The molecule has 0 unspecified atom stereocenters. The Balaban J connectivity index is 1.57. The fourth-order valence-electron chi connectivity index (χ4n) is 3.59. The van der Waals surface area contributed by atoms with E-state index in [9.17, 15) is 0 Å². The predicted molar refractivity (Wildman–Crippen MR) is 129 cm³/mol. The van der Waals surface area contributed by atoms with E-state index < -0.39 is 0 Å². The van der Waals surface area contributed by atoms with Gasteiger partial charge in [-0.25, -0.2) is 14.0 Å². The lowest BCUT2D eigenvalue weighted by molar-refractivity contribution is 0.281.